The number of rotatable bonds is 4. The highest BCUT2D eigenvalue weighted by Gasteiger charge is 2.60. The van der Waals surface area contributed by atoms with E-state index in [-0.39, 0.29) is 17.4 Å². The molecule has 0 bridgehead atoms. The van der Waals surface area contributed by atoms with E-state index >= 15 is 0 Å². The predicted octanol–water partition coefficient (Wildman–Crippen LogP) is 2.09. The Bertz CT molecular complexity index is 436. The van der Waals surface area contributed by atoms with Crippen LogP contribution in [0.4, 0.5) is 0 Å². The van der Waals surface area contributed by atoms with Crippen molar-refractivity contribution < 1.29 is 14.6 Å². The van der Waals surface area contributed by atoms with Crippen LogP contribution in [0.25, 0.3) is 0 Å². The number of aliphatic hydroxyl groups excluding tert-OH is 1. The van der Waals surface area contributed by atoms with E-state index in [2.05, 4.69) is 38.1 Å². The van der Waals surface area contributed by atoms with E-state index in [0.29, 0.717) is 32.3 Å². The fourth-order valence-corrected chi connectivity index (χ4v) is 3.14. The molecule has 2 aliphatic rings. The van der Waals surface area contributed by atoms with Crippen LogP contribution < -0.4 is 0 Å². The fourth-order valence-electron chi connectivity index (χ4n) is 3.14. The van der Waals surface area contributed by atoms with E-state index in [1.165, 1.54) is 11.1 Å². The molecule has 0 aromatic heterocycles. The molecule has 3 nitrogen and oxygen atoms in total. The summed E-state index contributed by atoms with van der Waals surface area (Å²) in [6.07, 6.45) is 0. The van der Waals surface area contributed by atoms with Gasteiger partial charge in [-0.3, -0.25) is 0 Å². The molecule has 3 rings (SSSR count). The Kier molecular flexibility index (Phi) is 3.16. The zero-order valence-corrected chi connectivity index (χ0v) is 11.7. The number of hydrogen-bond acceptors (Lipinski definition) is 3. The molecule has 2 heterocycles. The maximum Gasteiger partial charge on any atom is 0.0593 e. The summed E-state index contributed by atoms with van der Waals surface area (Å²) in [6.45, 7) is 7.23. The zero-order chi connectivity index (χ0) is 13.5. The molecule has 0 unspecified atom stereocenters. The minimum Gasteiger partial charge on any atom is -0.396 e. The van der Waals surface area contributed by atoms with Gasteiger partial charge < -0.3 is 14.6 Å². The van der Waals surface area contributed by atoms with Crippen LogP contribution in [0.1, 0.15) is 30.9 Å². The molecule has 2 saturated heterocycles. The normalized spacial score (nSPS) is 23.8. The van der Waals surface area contributed by atoms with Gasteiger partial charge in [-0.05, 0) is 17.0 Å². The third-order valence-corrected chi connectivity index (χ3v) is 4.90. The molecular weight excluding hydrogens is 240 g/mol. The van der Waals surface area contributed by atoms with Gasteiger partial charge in [0.05, 0.1) is 43.9 Å². The SMILES string of the molecule is CC(C)c1ccc(C2(C3(CO)COC3)COC2)cc1. The highest BCUT2D eigenvalue weighted by Crippen LogP contribution is 2.51. The third-order valence-electron chi connectivity index (χ3n) is 4.90. The monoisotopic (exact) mass is 262 g/mol. The molecule has 2 fully saturated rings. The van der Waals surface area contributed by atoms with Gasteiger partial charge >= 0.3 is 0 Å². The minimum atomic E-state index is -0.148. The lowest BCUT2D eigenvalue weighted by molar-refractivity contribution is -0.242. The second-order valence-electron chi connectivity index (χ2n) is 6.28. The Balaban J connectivity index is 1.94. The molecule has 1 N–H and O–H groups in total. The summed E-state index contributed by atoms with van der Waals surface area (Å²) < 4.78 is 10.9. The van der Waals surface area contributed by atoms with Gasteiger partial charge in [0.2, 0.25) is 0 Å². The van der Waals surface area contributed by atoms with Crippen molar-refractivity contribution in [1.29, 1.82) is 0 Å². The molecule has 0 amide bonds. The van der Waals surface area contributed by atoms with Gasteiger partial charge in [0.1, 0.15) is 0 Å². The second kappa shape index (κ2) is 4.58. The lowest BCUT2D eigenvalue weighted by Crippen LogP contribution is -2.68. The Hall–Kier alpha value is -0.900. The first-order valence-corrected chi connectivity index (χ1v) is 7.00. The molecule has 1 aromatic rings. The summed E-state index contributed by atoms with van der Waals surface area (Å²) in [7, 11) is 0. The van der Waals surface area contributed by atoms with Crippen molar-refractivity contribution in [2.75, 3.05) is 33.0 Å². The van der Waals surface area contributed by atoms with Crippen molar-refractivity contribution in [1.82, 2.24) is 0 Å². The summed E-state index contributed by atoms with van der Waals surface area (Å²) in [5, 5.41) is 9.81. The first-order valence-electron chi connectivity index (χ1n) is 7.00. The van der Waals surface area contributed by atoms with E-state index < -0.39 is 0 Å². The molecule has 1 aromatic carbocycles. The topological polar surface area (TPSA) is 38.7 Å². The third kappa shape index (κ3) is 1.76. The molecule has 3 heteroatoms. The minimum absolute atomic E-state index is 0.0600. The standard InChI is InChI=1S/C16H22O3/c1-12(2)13-3-5-14(6-4-13)16(10-19-11-16)15(7-17)8-18-9-15/h3-6,12,17H,7-11H2,1-2H3. The van der Waals surface area contributed by atoms with Gasteiger partial charge in [0, 0.05) is 0 Å². The summed E-state index contributed by atoms with van der Waals surface area (Å²) >= 11 is 0. The summed E-state index contributed by atoms with van der Waals surface area (Å²) in [5.74, 6) is 0.543. The quantitative estimate of drug-likeness (QED) is 0.903. The molecule has 0 atom stereocenters. The number of aliphatic hydroxyl groups is 1. The molecule has 2 aliphatic heterocycles. The first-order chi connectivity index (χ1) is 9.13. The summed E-state index contributed by atoms with van der Waals surface area (Å²) in [4.78, 5) is 0. The summed E-state index contributed by atoms with van der Waals surface area (Å²) in [6, 6.07) is 8.80. The van der Waals surface area contributed by atoms with Crippen LogP contribution in [-0.4, -0.2) is 38.1 Å². The van der Waals surface area contributed by atoms with Gasteiger partial charge in [-0.25, -0.2) is 0 Å². The Morgan fingerprint density at radius 2 is 1.63 bits per heavy atom. The van der Waals surface area contributed by atoms with Crippen molar-refractivity contribution in [3.8, 4) is 0 Å². The van der Waals surface area contributed by atoms with Gasteiger partial charge in [-0.15, -0.1) is 0 Å². The molecule has 0 aliphatic carbocycles. The van der Waals surface area contributed by atoms with Gasteiger partial charge in [-0.2, -0.15) is 0 Å². The van der Waals surface area contributed by atoms with Crippen LogP contribution in [0.2, 0.25) is 0 Å². The van der Waals surface area contributed by atoms with Gasteiger partial charge in [-0.1, -0.05) is 38.1 Å². The molecule has 104 valence electrons. The highest BCUT2D eigenvalue weighted by molar-refractivity contribution is 5.36. The fraction of sp³-hybridized carbons (Fsp3) is 0.625. The maximum absolute atomic E-state index is 9.81. The number of benzene rings is 1. The van der Waals surface area contributed by atoms with E-state index in [1.54, 1.807) is 0 Å². The first kappa shape index (κ1) is 13.1. The van der Waals surface area contributed by atoms with Crippen LogP contribution in [0, 0.1) is 5.41 Å². The van der Waals surface area contributed by atoms with Gasteiger partial charge in [0.15, 0.2) is 0 Å². The van der Waals surface area contributed by atoms with Crippen molar-refractivity contribution in [2.45, 2.75) is 25.2 Å². The molecule has 0 spiro atoms. The van der Waals surface area contributed by atoms with Crippen molar-refractivity contribution in [2.24, 2.45) is 5.41 Å². The maximum atomic E-state index is 9.81. The largest absolute Gasteiger partial charge is 0.396 e. The lowest BCUT2D eigenvalue weighted by atomic mass is 9.57. The van der Waals surface area contributed by atoms with Crippen LogP contribution >= 0.6 is 0 Å². The number of hydrogen-bond donors (Lipinski definition) is 1. The molecule has 19 heavy (non-hydrogen) atoms. The van der Waals surface area contributed by atoms with Crippen molar-refractivity contribution >= 4 is 0 Å². The second-order valence-corrected chi connectivity index (χ2v) is 6.28. The zero-order valence-electron chi connectivity index (χ0n) is 11.7. The van der Waals surface area contributed by atoms with Crippen molar-refractivity contribution in [3.63, 3.8) is 0 Å². The van der Waals surface area contributed by atoms with E-state index in [4.69, 9.17) is 9.47 Å². The van der Waals surface area contributed by atoms with Crippen molar-refractivity contribution in [3.05, 3.63) is 35.4 Å². The Morgan fingerprint density at radius 3 is 1.95 bits per heavy atom. The van der Waals surface area contributed by atoms with Crippen LogP contribution in [-0.2, 0) is 14.9 Å². The van der Waals surface area contributed by atoms with Crippen LogP contribution in [0.15, 0.2) is 24.3 Å². The average molecular weight is 262 g/mol. The highest BCUT2D eigenvalue weighted by atomic mass is 16.5. The smallest absolute Gasteiger partial charge is 0.0593 e. The van der Waals surface area contributed by atoms with E-state index in [1.807, 2.05) is 0 Å². The van der Waals surface area contributed by atoms with Gasteiger partial charge in [0.25, 0.3) is 0 Å². The van der Waals surface area contributed by atoms with Crippen LogP contribution in [0.3, 0.4) is 0 Å². The average Bonchev–Trinajstić information content (AvgIpc) is 2.31. The predicted molar refractivity (Wildman–Crippen MR) is 73.4 cm³/mol. The lowest BCUT2D eigenvalue weighted by Gasteiger charge is -2.58. The van der Waals surface area contributed by atoms with E-state index in [0.717, 1.165) is 0 Å². The molecule has 0 saturated carbocycles. The number of ether oxygens (including phenoxy) is 2. The van der Waals surface area contributed by atoms with Crippen LogP contribution in [0.5, 0.6) is 0 Å². The Labute approximate surface area is 114 Å². The molecular formula is C16H22O3. The Morgan fingerprint density at radius 1 is 1.05 bits per heavy atom. The van der Waals surface area contributed by atoms with E-state index in [9.17, 15) is 5.11 Å². The molecule has 0 radical (unpaired) electrons. The summed E-state index contributed by atoms with van der Waals surface area (Å²) in [5.41, 5.74) is 2.42.